The van der Waals surface area contributed by atoms with Crippen LogP contribution in [0.25, 0.3) is 0 Å². The molecular formula is C20H21N3O4S3. The lowest BCUT2D eigenvalue weighted by Crippen LogP contribution is -2.40. The van der Waals surface area contributed by atoms with Crippen LogP contribution in [0.4, 0.5) is 11.4 Å². The van der Waals surface area contributed by atoms with Gasteiger partial charge in [0.15, 0.2) is 0 Å². The Morgan fingerprint density at radius 3 is 2.80 bits per heavy atom. The van der Waals surface area contributed by atoms with Gasteiger partial charge in [-0.1, -0.05) is 47.8 Å². The largest absolute Gasteiger partial charge is 0.379 e. The average molecular weight is 464 g/mol. The molecule has 7 nitrogen and oxygen atoms in total. The summed E-state index contributed by atoms with van der Waals surface area (Å²) < 4.78 is 33.1. The summed E-state index contributed by atoms with van der Waals surface area (Å²) in [6, 6.07) is 14.3. The maximum Gasteiger partial charge on any atom is 0.243 e. The highest BCUT2D eigenvalue weighted by Gasteiger charge is 2.26. The Hall–Kier alpha value is -1.85. The second-order valence-electron chi connectivity index (χ2n) is 6.68. The molecule has 0 spiro atoms. The zero-order valence-electron chi connectivity index (χ0n) is 16.1. The second-order valence-corrected chi connectivity index (χ2v) is 10.8. The van der Waals surface area contributed by atoms with Crippen LogP contribution in [-0.2, 0) is 25.3 Å². The number of sulfonamides is 1. The van der Waals surface area contributed by atoms with Crippen molar-refractivity contribution in [1.29, 1.82) is 0 Å². The number of morpholine rings is 1. The predicted octanol–water partition coefficient (Wildman–Crippen LogP) is 3.31. The molecule has 0 bridgehead atoms. The highest BCUT2D eigenvalue weighted by atomic mass is 32.2. The molecule has 2 heterocycles. The van der Waals surface area contributed by atoms with Crippen LogP contribution in [0.3, 0.4) is 0 Å². The molecule has 0 atom stereocenters. The van der Waals surface area contributed by atoms with Crippen molar-refractivity contribution < 1.29 is 17.9 Å². The number of nitrogens with one attached hydrogen (secondary N) is 1. The van der Waals surface area contributed by atoms with Crippen molar-refractivity contribution in [1.82, 2.24) is 4.31 Å². The van der Waals surface area contributed by atoms with Crippen molar-refractivity contribution >= 4 is 55.2 Å². The fourth-order valence-electron chi connectivity index (χ4n) is 3.08. The van der Waals surface area contributed by atoms with Gasteiger partial charge in [-0.15, -0.1) is 0 Å². The van der Waals surface area contributed by atoms with Crippen molar-refractivity contribution in [2.45, 2.75) is 10.6 Å². The number of fused-ring (bicyclic) bond motifs is 1. The first-order chi connectivity index (χ1) is 14.5. The van der Waals surface area contributed by atoms with E-state index in [4.69, 9.17) is 4.74 Å². The third kappa shape index (κ3) is 5.06. The van der Waals surface area contributed by atoms with Gasteiger partial charge in [-0.05, 0) is 29.8 Å². The Kier molecular flexibility index (Phi) is 6.79. The van der Waals surface area contributed by atoms with Gasteiger partial charge in [0.2, 0.25) is 15.9 Å². The number of carbonyl (C=O) groups is 1. The summed E-state index contributed by atoms with van der Waals surface area (Å²) in [5.41, 5.74) is 2.59. The number of anilines is 1. The van der Waals surface area contributed by atoms with Gasteiger partial charge in [0.05, 0.1) is 29.5 Å². The number of thioether (sulfide) groups is 2. The second kappa shape index (κ2) is 9.52. The summed E-state index contributed by atoms with van der Waals surface area (Å²) in [6.07, 6.45) is 0. The van der Waals surface area contributed by atoms with Crippen LogP contribution in [0.5, 0.6) is 0 Å². The van der Waals surface area contributed by atoms with Gasteiger partial charge in [0.25, 0.3) is 0 Å². The Balaban J connectivity index is 1.37. The Labute approximate surface area is 184 Å². The predicted molar refractivity (Wildman–Crippen MR) is 122 cm³/mol. The van der Waals surface area contributed by atoms with Gasteiger partial charge in [0, 0.05) is 24.5 Å². The quantitative estimate of drug-likeness (QED) is 0.732. The van der Waals surface area contributed by atoms with Gasteiger partial charge in [-0.2, -0.15) is 4.31 Å². The van der Waals surface area contributed by atoms with E-state index in [0.717, 1.165) is 15.8 Å². The van der Waals surface area contributed by atoms with Crippen LogP contribution >= 0.6 is 23.5 Å². The topological polar surface area (TPSA) is 88.1 Å². The molecule has 158 valence electrons. The lowest BCUT2D eigenvalue weighted by molar-refractivity contribution is -0.113. The Morgan fingerprint density at radius 2 is 1.97 bits per heavy atom. The number of para-hydroxylation sites is 1. The smallest absolute Gasteiger partial charge is 0.243 e. The fraction of sp³-hybridized carbons (Fsp3) is 0.300. The number of amides is 1. The van der Waals surface area contributed by atoms with Crippen LogP contribution in [0.1, 0.15) is 5.56 Å². The average Bonchev–Trinajstić information content (AvgIpc) is 2.78. The molecule has 1 N–H and O–H groups in total. The maximum atomic E-state index is 12.8. The number of benzene rings is 2. The third-order valence-corrected chi connectivity index (χ3v) is 8.75. The first-order valence-electron chi connectivity index (χ1n) is 9.42. The van der Waals surface area contributed by atoms with Crippen LogP contribution < -0.4 is 5.32 Å². The number of hydrogen-bond donors (Lipinski definition) is 1. The van der Waals surface area contributed by atoms with Crippen LogP contribution in [0.2, 0.25) is 0 Å². The summed E-state index contributed by atoms with van der Waals surface area (Å²) in [5.74, 6) is 0.836. The van der Waals surface area contributed by atoms with Gasteiger partial charge >= 0.3 is 0 Å². The van der Waals surface area contributed by atoms with E-state index in [2.05, 4.69) is 16.4 Å². The minimum atomic E-state index is -3.60. The molecule has 30 heavy (non-hydrogen) atoms. The monoisotopic (exact) mass is 463 g/mol. The molecule has 1 fully saturated rings. The van der Waals surface area contributed by atoms with Crippen molar-refractivity contribution in [2.24, 2.45) is 4.99 Å². The standard InChI is InChI=1S/C20H21N3O4S3/c24-19(14-29-20-22-18-7-2-1-4-15(18)13-28-20)21-16-5-3-6-17(12-16)30(25,26)23-8-10-27-11-9-23/h1-7,12H,8-11,13-14H2,(H,21,24). The Morgan fingerprint density at radius 1 is 1.17 bits per heavy atom. The summed E-state index contributed by atoms with van der Waals surface area (Å²) >= 11 is 3.00. The maximum absolute atomic E-state index is 12.8. The molecule has 1 saturated heterocycles. The first-order valence-corrected chi connectivity index (χ1v) is 12.8. The molecule has 2 aromatic rings. The molecule has 0 aromatic heterocycles. The number of rotatable bonds is 5. The molecule has 2 aliphatic rings. The molecule has 0 saturated carbocycles. The molecule has 2 aliphatic heterocycles. The molecule has 4 rings (SSSR count). The fourth-order valence-corrected chi connectivity index (χ4v) is 6.40. The van der Waals surface area contributed by atoms with Gasteiger partial charge < -0.3 is 10.1 Å². The van der Waals surface area contributed by atoms with Crippen molar-refractivity contribution in [2.75, 3.05) is 37.4 Å². The zero-order valence-corrected chi connectivity index (χ0v) is 18.6. The van der Waals surface area contributed by atoms with Crippen molar-refractivity contribution in [3.63, 3.8) is 0 Å². The molecule has 1 amide bonds. The number of aliphatic imine (C=N–C) groups is 1. The molecule has 0 aliphatic carbocycles. The van der Waals surface area contributed by atoms with E-state index in [1.165, 1.54) is 27.7 Å². The van der Waals surface area contributed by atoms with E-state index in [-0.39, 0.29) is 16.6 Å². The van der Waals surface area contributed by atoms with E-state index in [1.807, 2.05) is 18.2 Å². The van der Waals surface area contributed by atoms with Crippen LogP contribution in [0.15, 0.2) is 58.4 Å². The zero-order chi connectivity index (χ0) is 21.0. The number of hydrogen-bond acceptors (Lipinski definition) is 7. The molecule has 0 radical (unpaired) electrons. The number of ether oxygens (including phenoxy) is 1. The van der Waals surface area contributed by atoms with E-state index in [9.17, 15) is 13.2 Å². The van der Waals surface area contributed by atoms with Crippen LogP contribution in [-0.4, -0.2) is 55.1 Å². The van der Waals surface area contributed by atoms with Crippen LogP contribution in [0, 0.1) is 0 Å². The first kappa shape index (κ1) is 21.4. The lowest BCUT2D eigenvalue weighted by atomic mass is 10.2. The van der Waals surface area contributed by atoms with E-state index in [1.54, 1.807) is 30.0 Å². The molecule has 0 unspecified atom stereocenters. The van der Waals surface area contributed by atoms with Gasteiger partial charge in [0.1, 0.15) is 4.38 Å². The van der Waals surface area contributed by atoms with E-state index < -0.39 is 10.0 Å². The van der Waals surface area contributed by atoms with E-state index in [0.29, 0.717) is 32.0 Å². The summed E-state index contributed by atoms with van der Waals surface area (Å²) in [7, 11) is -3.60. The normalized spacial score (nSPS) is 17.1. The summed E-state index contributed by atoms with van der Waals surface area (Å²) in [6.45, 7) is 1.44. The molecule has 2 aromatic carbocycles. The summed E-state index contributed by atoms with van der Waals surface area (Å²) in [5, 5.41) is 2.78. The minimum Gasteiger partial charge on any atom is -0.379 e. The Bertz CT molecular complexity index is 1070. The van der Waals surface area contributed by atoms with Crippen molar-refractivity contribution in [3.05, 3.63) is 54.1 Å². The highest BCUT2D eigenvalue weighted by Crippen LogP contribution is 2.34. The van der Waals surface area contributed by atoms with Gasteiger partial charge in [-0.3, -0.25) is 4.79 Å². The molecule has 10 heteroatoms. The minimum absolute atomic E-state index is 0.165. The lowest BCUT2D eigenvalue weighted by Gasteiger charge is -2.26. The third-order valence-electron chi connectivity index (χ3n) is 4.61. The number of carbonyl (C=O) groups excluding carboxylic acids is 1. The number of nitrogens with zero attached hydrogens (tertiary/aromatic N) is 2. The SMILES string of the molecule is O=C(CSC1=Nc2ccccc2CS1)Nc1cccc(S(=O)(=O)N2CCOCC2)c1. The molecular weight excluding hydrogens is 442 g/mol. The van der Waals surface area contributed by atoms with E-state index >= 15 is 0 Å². The van der Waals surface area contributed by atoms with Crippen molar-refractivity contribution in [3.8, 4) is 0 Å². The van der Waals surface area contributed by atoms with Gasteiger partial charge in [-0.25, -0.2) is 13.4 Å². The summed E-state index contributed by atoms with van der Waals surface area (Å²) in [4.78, 5) is 17.1. The highest BCUT2D eigenvalue weighted by molar-refractivity contribution is 8.38.